The third kappa shape index (κ3) is 5.33. The number of rotatable bonds is 8. The van der Waals surface area contributed by atoms with Gasteiger partial charge in [0.25, 0.3) is 6.43 Å². The van der Waals surface area contributed by atoms with Gasteiger partial charge in [-0.1, -0.05) is 11.3 Å². The van der Waals surface area contributed by atoms with E-state index in [1.165, 1.54) is 6.20 Å². The van der Waals surface area contributed by atoms with Gasteiger partial charge in [0, 0.05) is 25.8 Å². The number of aromatic nitrogens is 4. The van der Waals surface area contributed by atoms with Crippen molar-refractivity contribution in [2.45, 2.75) is 42.9 Å². The number of sulfonamides is 1. The molecule has 2 aliphatic rings. The minimum atomic E-state index is -3.96. The van der Waals surface area contributed by atoms with E-state index >= 15 is 0 Å². The largest absolute Gasteiger partial charge is 0.377 e. The highest BCUT2D eigenvalue weighted by Crippen LogP contribution is 2.34. The number of pyridine rings is 1. The number of alkyl halides is 2. The van der Waals surface area contributed by atoms with Gasteiger partial charge in [-0.25, -0.2) is 26.9 Å². The smallest absolute Gasteiger partial charge is 0.291 e. The van der Waals surface area contributed by atoms with Crippen LogP contribution in [0.15, 0.2) is 23.4 Å². The molecule has 5 heterocycles. The molecule has 5 rings (SSSR count). The summed E-state index contributed by atoms with van der Waals surface area (Å²) in [6.45, 7) is 6.06. The average molecular weight is 558 g/mol. The first kappa shape index (κ1) is 26.3. The van der Waals surface area contributed by atoms with Gasteiger partial charge in [-0.3, -0.25) is 4.40 Å². The lowest BCUT2D eigenvalue weighted by Gasteiger charge is -2.40. The Kier molecular flexibility index (Phi) is 6.96. The van der Waals surface area contributed by atoms with E-state index in [0.29, 0.717) is 30.8 Å². The van der Waals surface area contributed by atoms with Crippen LogP contribution in [-0.2, 0) is 19.5 Å². The number of morpholine rings is 1. The zero-order valence-electron chi connectivity index (χ0n) is 20.9. The fraction of sp³-hybridized carbons (Fsp3) is 0.591. The van der Waals surface area contributed by atoms with Crippen LogP contribution in [-0.4, -0.2) is 97.6 Å². The zero-order chi connectivity index (χ0) is 26.5. The molecule has 3 aromatic heterocycles. The summed E-state index contributed by atoms with van der Waals surface area (Å²) >= 11 is 0.722. The van der Waals surface area contributed by atoms with Crippen LogP contribution in [0.5, 0.6) is 0 Å². The number of anilines is 1. The molecule has 0 spiro atoms. The molecule has 2 atom stereocenters. The summed E-state index contributed by atoms with van der Waals surface area (Å²) in [5.74, 6) is 0.238. The van der Waals surface area contributed by atoms with E-state index in [9.17, 15) is 17.2 Å². The van der Waals surface area contributed by atoms with Crippen molar-refractivity contribution in [1.82, 2.24) is 29.2 Å². The number of nitrogens with one attached hydrogen (secondary N) is 1. The summed E-state index contributed by atoms with van der Waals surface area (Å²) in [5, 5.41) is 7.20. The van der Waals surface area contributed by atoms with Gasteiger partial charge in [-0.15, -0.1) is 10.2 Å². The number of ether oxygens (including phenoxy) is 2. The Bertz CT molecular complexity index is 1390. The topological polar surface area (TPSA) is 114 Å². The van der Waals surface area contributed by atoms with Crippen LogP contribution in [0, 0.1) is 0 Å². The second-order valence-corrected chi connectivity index (χ2v) is 12.7. The Hall–Kier alpha value is -2.30. The number of imidazole rings is 1. The molecule has 0 amide bonds. The molecule has 0 aromatic carbocycles. The van der Waals surface area contributed by atoms with E-state index in [1.54, 1.807) is 23.6 Å². The van der Waals surface area contributed by atoms with E-state index in [0.717, 1.165) is 11.3 Å². The molecular formula is C22H29F2N7O4S2. The predicted octanol–water partition coefficient (Wildman–Crippen LogP) is 2.01. The Morgan fingerprint density at radius 3 is 2.68 bits per heavy atom. The maximum Gasteiger partial charge on any atom is 0.291 e. The number of likely N-dealkylation sites (N-methyl/N-ethyl adjacent to an activating group) is 1. The zero-order valence-corrected chi connectivity index (χ0v) is 22.5. The van der Waals surface area contributed by atoms with E-state index in [4.69, 9.17) is 9.47 Å². The van der Waals surface area contributed by atoms with Crippen molar-refractivity contribution in [3.05, 3.63) is 23.5 Å². The second-order valence-electron chi connectivity index (χ2n) is 10.0. The molecule has 0 bridgehead atoms. The van der Waals surface area contributed by atoms with Crippen molar-refractivity contribution in [1.29, 1.82) is 0 Å². The molecule has 0 aliphatic carbocycles. The van der Waals surface area contributed by atoms with Crippen LogP contribution in [0.4, 0.5) is 14.5 Å². The first-order chi connectivity index (χ1) is 17.4. The first-order valence-electron chi connectivity index (χ1n) is 11.7. The lowest BCUT2D eigenvalue weighted by Crippen LogP contribution is -2.59. The number of fused-ring (bicyclic) bond motifs is 1. The second kappa shape index (κ2) is 9.78. The number of nitrogens with zero attached hydrogens (tertiary/aromatic N) is 6. The Morgan fingerprint density at radius 2 is 2.05 bits per heavy atom. The summed E-state index contributed by atoms with van der Waals surface area (Å²) in [6, 6.07) is 1.63. The van der Waals surface area contributed by atoms with Crippen molar-refractivity contribution in [3.63, 3.8) is 0 Å². The third-order valence-corrected chi connectivity index (χ3v) is 8.71. The van der Waals surface area contributed by atoms with Crippen LogP contribution >= 0.6 is 11.3 Å². The standard InChI is InChI=1S/C22H29F2N7O4S2/c1-13-7-30(9-14(35-13)8-29(3)4)16-5-15(37(32,33)28-22(2)11-34-12-22)10-31-17(16)6-25-19(31)21-27-26-20(36-21)18(23)24/h5-6,10,13-14,18,28H,7-9,11-12H2,1-4H3/t13-,14-/m0/s1. The Balaban J connectivity index is 1.62. The molecule has 2 fully saturated rings. The number of hydrogen-bond acceptors (Lipinski definition) is 10. The summed E-state index contributed by atoms with van der Waals surface area (Å²) in [5.41, 5.74) is 0.564. The van der Waals surface area contributed by atoms with E-state index in [-0.39, 0.29) is 41.1 Å². The maximum absolute atomic E-state index is 13.5. The highest BCUT2D eigenvalue weighted by molar-refractivity contribution is 7.89. The van der Waals surface area contributed by atoms with Gasteiger partial charge in [0.05, 0.1) is 48.4 Å². The maximum atomic E-state index is 13.5. The molecular weight excluding hydrogens is 528 g/mol. The molecule has 2 aliphatic heterocycles. The first-order valence-corrected chi connectivity index (χ1v) is 14.0. The summed E-state index contributed by atoms with van der Waals surface area (Å²) in [6.07, 6.45) is 0.0868. The van der Waals surface area contributed by atoms with Gasteiger partial charge >= 0.3 is 0 Å². The molecule has 2 saturated heterocycles. The minimum absolute atomic E-state index is 0.0178. The van der Waals surface area contributed by atoms with Gasteiger partial charge in [0.15, 0.2) is 15.8 Å². The fourth-order valence-corrected chi connectivity index (χ4v) is 6.71. The minimum Gasteiger partial charge on any atom is -0.377 e. The third-order valence-electron chi connectivity index (χ3n) is 6.18. The molecule has 11 nitrogen and oxygen atoms in total. The number of hydrogen-bond donors (Lipinski definition) is 1. The van der Waals surface area contributed by atoms with Gasteiger partial charge in [0.2, 0.25) is 10.0 Å². The summed E-state index contributed by atoms with van der Waals surface area (Å²) in [7, 11) is -0.0279. The molecule has 3 aromatic rings. The number of halogens is 2. The molecule has 1 N–H and O–H groups in total. The van der Waals surface area contributed by atoms with E-state index in [2.05, 4.69) is 24.8 Å². The molecule has 15 heteroatoms. The van der Waals surface area contributed by atoms with Crippen LogP contribution in [0.2, 0.25) is 0 Å². The average Bonchev–Trinajstić information content (AvgIpc) is 3.43. The van der Waals surface area contributed by atoms with Crippen molar-refractivity contribution in [2.75, 3.05) is 51.8 Å². The van der Waals surface area contributed by atoms with Gasteiger partial charge < -0.3 is 19.3 Å². The van der Waals surface area contributed by atoms with Crippen LogP contribution in [0.25, 0.3) is 16.3 Å². The predicted molar refractivity (Wildman–Crippen MR) is 134 cm³/mol. The molecule has 37 heavy (non-hydrogen) atoms. The molecule has 0 saturated carbocycles. The van der Waals surface area contributed by atoms with Crippen LogP contribution < -0.4 is 9.62 Å². The fourth-order valence-electron chi connectivity index (χ4n) is 4.63. The van der Waals surface area contributed by atoms with Gasteiger partial charge in [0.1, 0.15) is 4.90 Å². The lowest BCUT2D eigenvalue weighted by molar-refractivity contribution is -0.0523. The quantitative estimate of drug-likeness (QED) is 0.444. The Morgan fingerprint density at radius 1 is 1.30 bits per heavy atom. The van der Waals surface area contributed by atoms with E-state index < -0.39 is 27.0 Å². The van der Waals surface area contributed by atoms with Gasteiger partial charge in [-0.2, -0.15) is 0 Å². The Labute approximate surface area is 217 Å². The molecule has 0 radical (unpaired) electrons. The SMILES string of the molecule is C[C@H]1CN(c2cc(S(=O)(=O)NC3(C)COC3)cn3c(-c4nnc(C(F)F)s4)ncc23)C[C@H](CN(C)C)O1. The van der Waals surface area contributed by atoms with Crippen molar-refractivity contribution in [3.8, 4) is 10.8 Å². The highest BCUT2D eigenvalue weighted by atomic mass is 32.2. The molecule has 0 unspecified atom stereocenters. The van der Waals surface area contributed by atoms with Crippen LogP contribution in [0.3, 0.4) is 0 Å². The summed E-state index contributed by atoms with van der Waals surface area (Å²) < 4.78 is 69.0. The van der Waals surface area contributed by atoms with E-state index in [1.807, 2.05) is 25.9 Å². The van der Waals surface area contributed by atoms with Crippen LogP contribution in [0.1, 0.15) is 25.3 Å². The van der Waals surface area contributed by atoms with Gasteiger partial charge in [-0.05, 0) is 34.0 Å². The van der Waals surface area contributed by atoms with Crippen molar-refractivity contribution >= 4 is 32.6 Å². The molecule has 202 valence electrons. The lowest BCUT2D eigenvalue weighted by atomic mass is 10.0. The van der Waals surface area contributed by atoms with Crippen molar-refractivity contribution < 1.29 is 26.7 Å². The van der Waals surface area contributed by atoms with Crippen molar-refractivity contribution in [2.24, 2.45) is 0 Å². The highest BCUT2D eigenvalue weighted by Gasteiger charge is 2.38. The normalized spacial score (nSPS) is 22.2. The monoisotopic (exact) mass is 557 g/mol. The summed E-state index contributed by atoms with van der Waals surface area (Å²) in [4.78, 5) is 8.57.